The van der Waals surface area contributed by atoms with Crippen LogP contribution in [0.25, 0.3) is 16.3 Å². The number of hydrogen-bond donors (Lipinski definition) is 1. The van der Waals surface area contributed by atoms with Crippen LogP contribution in [0.5, 0.6) is 11.5 Å². The van der Waals surface area contributed by atoms with Crippen LogP contribution in [0.2, 0.25) is 0 Å². The SMILES string of the molecule is CCOCCCN1C(=O)NC(c2ccc(OC)c(OC)c2)C(c2nc(-c3cccs3)no2)=C1C. The molecule has 0 aliphatic carbocycles. The van der Waals surface area contributed by atoms with Crippen LogP contribution in [0, 0.1) is 0 Å². The summed E-state index contributed by atoms with van der Waals surface area (Å²) >= 11 is 1.53. The number of nitrogens with one attached hydrogen (secondary N) is 1. The fourth-order valence-corrected chi connectivity index (χ4v) is 4.57. The maximum atomic E-state index is 13.1. The molecule has 9 nitrogen and oxygen atoms in total. The van der Waals surface area contributed by atoms with Crippen molar-refractivity contribution in [2.75, 3.05) is 34.0 Å². The number of rotatable bonds is 10. The monoisotopic (exact) mass is 484 g/mol. The zero-order valence-electron chi connectivity index (χ0n) is 19.7. The Kier molecular flexibility index (Phi) is 7.49. The van der Waals surface area contributed by atoms with E-state index in [0.29, 0.717) is 49.4 Å². The van der Waals surface area contributed by atoms with Gasteiger partial charge in [-0.1, -0.05) is 17.3 Å². The first-order valence-corrected chi connectivity index (χ1v) is 11.9. The zero-order valence-corrected chi connectivity index (χ0v) is 20.5. The first-order valence-electron chi connectivity index (χ1n) is 11.0. The summed E-state index contributed by atoms with van der Waals surface area (Å²) in [5.41, 5.74) is 2.30. The molecule has 0 saturated heterocycles. The Morgan fingerprint density at radius 2 is 2.03 bits per heavy atom. The van der Waals surface area contributed by atoms with Gasteiger partial charge in [-0.3, -0.25) is 4.90 Å². The molecule has 180 valence electrons. The lowest BCUT2D eigenvalue weighted by Gasteiger charge is -2.35. The lowest BCUT2D eigenvalue weighted by atomic mass is 9.94. The smallest absolute Gasteiger partial charge is 0.322 e. The number of carbonyl (C=O) groups is 1. The van der Waals surface area contributed by atoms with Gasteiger partial charge in [-0.25, -0.2) is 4.79 Å². The molecule has 0 bridgehead atoms. The van der Waals surface area contributed by atoms with E-state index < -0.39 is 6.04 Å². The number of amides is 2. The third kappa shape index (κ3) is 4.78. The molecule has 0 radical (unpaired) electrons. The van der Waals surface area contributed by atoms with Crippen molar-refractivity contribution in [3.05, 3.63) is 52.9 Å². The van der Waals surface area contributed by atoms with E-state index in [9.17, 15) is 4.79 Å². The van der Waals surface area contributed by atoms with Gasteiger partial charge >= 0.3 is 6.03 Å². The molecule has 1 unspecified atom stereocenters. The van der Waals surface area contributed by atoms with Crippen molar-refractivity contribution in [2.24, 2.45) is 0 Å². The summed E-state index contributed by atoms with van der Waals surface area (Å²) in [4.78, 5) is 20.4. The third-order valence-corrected chi connectivity index (χ3v) is 6.48. The van der Waals surface area contributed by atoms with Crippen LogP contribution in [0.1, 0.15) is 37.8 Å². The summed E-state index contributed by atoms with van der Waals surface area (Å²) < 4.78 is 22.0. The molecule has 0 spiro atoms. The molecule has 3 aromatic rings. The van der Waals surface area contributed by atoms with E-state index in [2.05, 4.69) is 15.5 Å². The molecule has 1 aliphatic heterocycles. The molecular weight excluding hydrogens is 456 g/mol. The second kappa shape index (κ2) is 10.7. The minimum absolute atomic E-state index is 0.199. The van der Waals surface area contributed by atoms with E-state index in [1.807, 2.05) is 49.6 Å². The van der Waals surface area contributed by atoms with Gasteiger partial charge in [0.15, 0.2) is 11.5 Å². The van der Waals surface area contributed by atoms with Gasteiger partial charge < -0.3 is 24.1 Å². The van der Waals surface area contributed by atoms with Crippen LogP contribution in [0.3, 0.4) is 0 Å². The van der Waals surface area contributed by atoms with Gasteiger partial charge in [0.2, 0.25) is 5.82 Å². The highest BCUT2D eigenvalue weighted by atomic mass is 32.1. The Labute approximate surface area is 202 Å². The second-order valence-corrected chi connectivity index (χ2v) is 8.55. The van der Waals surface area contributed by atoms with E-state index in [1.54, 1.807) is 19.1 Å². The number of urea groups is 1. The third-order valence-electron chi connectivity index (χ3n) is 5.61. The highest BCUT2D eigenvalue weighted by Gasteiger charge is 2.36. The molecular formula is C24H28N4O5S. The van der Waals surface area contributed by atoms with Crippen molar-refractivity contribution in [1.29, 1.82) is 0 Å². The Hall–Kier alpha value is -3.37. The molecule has 3 heterocycles. The molecule has 10 heteroatoms. The highest BCUT2D eigenvalue weighted by Crippen LogP contribution is 2.40. The number of thiophene rings is 1. The average molecular weight is 485 g/mol. The van der Waals surface area contributed by atoms with Gasteiger partial charge in [0.05, 0.1) is 30.7 Å². The number of benzene rings is 1. The molecule has 1 N–H and O–H groups in total. The van der Waals surface area contributed by atoms with Crippen LogP contribution in [-0.4, -0.2) is 55.0 Å². The number of carbonyl (C=O) groups excluding carboxylic acids is 1. The summed E-state index contributed by atoms with van der Waals surface area (Å²) in [5.74, 6) is 2.04. The van der Waals surface area contributed by atoms with Crippen LogP contribution >= 0.6 is 11.3 Å². The fraction of sp³-hybridized carbons (Fsp3) is 0.375. The van der Waals surface area contributed by atoms with Gasteiger partial charge in [0.1, 0.15) is 0 Å². The molecule has 34 heavy (non-hydrogen) atoms. The Morgan fingerprint density at radius 3 is 2.74 bits per heavy atom. The Bertz CT molecular complexity index is 1160. The van der Waals surface area contributed by atoms with Gasteiger partial charge in [0.25, 0.3) is 5.89 Å². The fourth-order valence-electron chi connectivity index (χ4n) is 3.92. The first-order chi connectivity index (χ1) is 16.6. The number of aromatic nitrogens is 2. The predicted molar refractivity (Wildman–Crippen MR) is 129 cm³/mol. The summed E-state index contributed by atoms with van der Waals surface area (Å²) in [6, 6.07) is 8.72. The van der Waals surface area contributed by atoms with Crippen LogP contribution in [0.4, 0.5) is 4.79 Å². The molecule has 1 aromatic carbocycles. The lowest BCUT2D eigenvalue weighted by molar-refractivity contribution is 0.136. The van der Waals surface area contributed by atoms with Gasteiger partial charge in [0, 0.05) is 25.5 Å². The summed E-state index contributed by atoms with van der Waals surface area (Å²) in [6.07, 6.45) is 0.706. The topological polar surface area (TPSA) is 99.0 Å². The predicted octanol–water partition coefficient (Wildman–Crippen LogP) is 4.74. The largest absolute Gasteiger partial charge is 0.493 e. The molecule has 1 atom stereocenters. The van der Waals surface area contributed by atoms with Crippen LogP contribution in [-0.2, 0) is 4.74 Å². The van der Waals surface area contributed by atoms with E-state index in [-0.39, 0.29) is 6.03 Å². The second-order valence-electron chi connectivity index (χ2n) is 7.60. The Balaban J connectivity index is 1.76. The lowest BCUT2D eigenvalue weighted by Crippen LogP contribution is -2.46. The highest BCUT2D eigenvalue weighted by molar-refractivity contribution is 7.13. The van der Waals surface area contributed by atoms with Crippen LogP contribution in [0.15, 0.2) is 45.9 Å². The van der Waals surface area contributed by atoms with E-state index >= 15 is 0 Å². The van der Waals surface area contributed by atoms with Crippen molar-refractivity contribution in [3.63, 3.8) is 0 Å². The van der Waals surface area contributed by atoms with Gasteiger partial charge in [-0.15, -0.1) is 11.3 Å². The number of nitrogens with zero attached hydrogens (tertiary/aromatic N) is 3. The van der Waals surface area contributed by atoms with Gasteiger partial charge in [-0.2, -0.15) is 4.98 Å². The maximum absolute atomic E-state index is 13.1. The minimum Gasteiger partial charge on any atom is -0.493 e. The number of allylic oxidation sites excluding steroid dienone is 1. The molecule has 1 aliphatic rings. The quantitative estimate of drug-likeness (QED) is 0.415. The summed E-state index contributed by atoms with van der Waals surface area (Å²) in [6.45, 7) is 5.57. The molecule has 0 saturated carbocycles. The molecule has 4 rings (SSSR count). The van der Waals surface area contributed by atoms with Gasteiger partial charge in [-0.05, 0) is 49.4 Å². The number of hydrogen-bond acceptors (Lipinski definition) is 8. The van der Waals surface area contributed by atoms with E-state index in [1.165, 1.54) is 11.3 Å². The van der Waals surface area contributed by atoms with Crippen molar-refractivity contribution < 1.29 is 23.5 Å². The Morgan fingerprint density at radius 1 is 1.21 bits per heavy atom. The maximum Gasteiger partial charge on any atom is 0.322 e. The molecule has 0 fully saturated rings. The minimum atomic E-state index is -0.507. The van der Waals surface area contributed by atoms with E-state index in [4.69, 9.17) is 18.7 Å². The molecule has 2 aromatic heterocycles. The molecule has 2 amide bonds. The summed E-state index contributed by atoms with van der Waals surface area (Å²) in [7, 11) is 3.16. The van der Waals surface area contributed by atoms with Crippen molar-refractivity contribution in [2.45, 2.75) is 26.3 Å². The first kappa shape index (κ1) is 23.8. The number of methoxy groups -OCH3 is 2. The summed E-state index contributed by atoms with van der Waals surface area (Å²) in [5, 5.41) is 9.25. The van der Waals surface area contributed by atoms with E-state index in [0.717, 1.165) is 21.7 Å². The van der Waals surface area contributed by atoms with Crippen LogP contribution < -0.4 is 14.8 Å². The zero-order chi connectivity index (χ0) is 24.1. The van der Waals surface area contributed by atoms with Crippen molar-refractivity contribution in [1.82, 2.24) is 20.4 Å². The average Bonchev–Trinajstić information content (AvgIpc) is 3.55. The van der Waals surface area contributed by atoms with Crippen molar-refractivity contribution in [3.8, 4) is 22.2 Å². The number of ether oxygens (including phenoxy) is 3. The van der Waals surface area contributed by atoms with Crippen molar-refractivity contribution >= 4 is 22.9 Å². The standard InChI is InChI=1S/C24H28N4O5S/c1-5-32-12-7-11-28-15(2)20(23-26-22(27-33-23)19-8-6-13-34-19)21(25-24(28)29)16-9-10-17(30-3)18(14-16)31-4/h6,8-10,13-14,21H,5,7,11-12H2,1-4H3,(H,25,29). The normalized spacial score (nSPS) is 16.1.